The van der Waals surface area contributed by atoms with Crippen molar-refractivity contribution in [1.29, 1.82) is 0 Å². The van der Waals surface area contributed by atoms with E-state index in [0.717, 1.165) is 30.3 Å². The number of carbonyl (C=O) groups excluding carboxylic acids is 1. The van der Waals surface area contributed by atoms with E-state index < -0.39 is 0 Å². The molecule has 0 spiro atoms. The van der Waals surface area contributed by atoms with Gasteiger partial charge in [0, 0.05) is 6.42 Å². The fourth-order valence-electron chi connectivity index (χ4n) is 3.22. The summed E-state index contributed by atoms with van der Waals surface area (Å²) in [5.41, 5.74) is 0.730. The smallest absolute Gasteiger partial charge is 0.157 e. The van der Waals surface area contributed by atoms with Gasteiger partial charge in [-0.1, -0.05) is 64.9 Å². The van der Waals surface area contributed by atoms with Crippen molar-refractivity contribution < 1.29 is 4.79 Å². The molecule has 0 radical (unpaired) electrons. The van der Waals surface area contributed by atoms with Crippen LogP contribution in [0.4, 0.5) is 0 Å². The number of carbonyl (C=O) groups is 1. The zero-order valence-corrected chi connectivity index (χ0v) is 12.3. The lowest BCUT2D eigenvalue weighted by Crippen LogP contribution is -2.19. The Hall–Kier alpha value is -0.590. The van der Waals surface area contributed by atoms with E-state index in [4.69, 9.17) is 0 Å². The van der Waals surface area contributed by atoms with E-state index in [-0.39, 0.29) is 5.78 Å². The lowest BCUT2D eigenvalue weighted by molar-refractivity contribution is -0.115. The van der Waals surface area contributed by atoms with Gasteiger partial charge in [-0.2, -0.15) is 0 Å². The van der Waals surface area contributed by atoms with Gasteiger partial charge < -0.3 is 0 Å². The molecule has 1 saturated carbocycles. The zero-order chi connectivity index (χ0) is 13.4. The molecule has 0 aromatic carbocycles. The minimum atomic E-state index is 0.271. The number of hydrogen-bond acceptors (Lipinski definition) is 1. The van der Waals surface area contributed by atoms with E-state index in [2.05, 4.69) is 13.5 Å². The van der Waals surface area contributed by atoms with Gasteiger partial charge in [0.25, 0.3) is 0 Å². The fourth-order valence-corrected chi connectivity index (χ4v) is 3.22. The van der Waals surface area contributed by atoms with Crippen molar-refractivity contribution in [2.75, 3.05) is 0 Å². The van der Waals surface area contributed by atoms with Gasteiger partial charge in [0.15, 0.2) is 5.78 Å². The first-order valence-electron chi connectivity index (χ1n) is 7.83. The highest BCUT2D eigenvalue weighted by atomic mass is 16.1. The molecule has 1 fully saturated rings. The first-order chi connectivity index (χ1) is 8.65. The lowest BCUT2D eigenvalue weighted by atomic mass is 9.75. The van der Waals surface area contributed by atoms with Crippen LogP contribution >= 0.6 is 0 Å². The number of unbranched alkanes of at least 4 members (excludes halogenated alkanes) is 1. The van der Waals surface area contributed by atoms with Crippen molar-refractivity contribution in [2.24, 2.45) is 11.8 Å². The summed E-state index contributed by atoms with van der Waals surface area (Å²) in [6, 6.07) is 0. The van der Waals surface area contributed by atoms with Crippen LogP contribution < -0.4 is 0 Å². The molecule has 1 rings (SSSR count). The van der Waals surface area contributed by atoms with E-state index in [1.165, 1.54) is 51.4 Å². The second-order valence-corrected chi connectivity index (χ2v) is 6.04. The van der Waals surface area contributed by atoms with E-state index >= 15 is 0 Å². The summed E-state index contributed by atoms with van der Waals surface area (Å²) in [5.74, 6) is 1.95. The van der Waals surface area contributed by atoms with Gasteiger partial charge in [-0.3, -0.25) is 4.79 Å². The lowest BCUT2D eigenvalue weighted by Gasteiger charge is -2.30. The van der Waals surface area contributed by atoms with Crippen molar-refractivity contribution in [2.45, 2.75) is 78.1 Å². The Balaban J connectivity index is 2.43. The van der Waals surface area contributed by atoms with Crippen LogP contribution in [0.5, 0.6) is 0 Å². The first kappa shape index (κ1) is 15.5. The van der Waals surface area contributed by atoms with Gasteiger partial charge >= 0.3 is 0 Å². The highest BCUT2D eigenvalue weighted by molar-refractivity contribution is 5.94. The summed E-state index contributed by atoms with van der Waals surface area (Å²) in [7, 11) is 0. The van der Waals surface area contributed by atoms with Crippen LogP contribution in [0.2, 0.25) is 0 Å². The Morgan fingerprint density at radius 1 is 1.22 bits per heavy atom. The quantitative estimate of drug-likeness (QED) is 0.534. The molecule has 1 aliphatic rings. The summed E-state index contributed by atoms with van der Waals surface area (Å²) in [4.78, 5) is 11.7. The molecule has 1 heteroatoms. The standard InChI is InChI=1S/C17H30O/c1-4-5-9-16(12-13-17(18)14(2)3)15-10-7-6-8-11-15/h15-16H,2,4-13H2,1,3H3. The molecule has 0 aliphatic heterocycles. The molecular weight excluding hydrogens is 220 g/mol. The third-order valence-electron chi connectivity index (χ3n) is 4.46. The van der Waals surface area contributed by atoms with Crippen LogP contribution in [-0.4, -0.2) is 5.78 Å². The molecule has 1 aliphatic carbocycles. The monoisotopic (exact) mass is 250 g/mol. The molecule has 1 unspecified atom stereocenters. The zero-order valence-electron chi connectivity index (χ0n) is 12.3. The summed E-state index contributed by atoms with van der Waals surface area (Å²) >= 11 is 0. The molecule has 104 valence electrons. The van der Waals surface area contributed by atoms with Crippen LogP contribution in [0, 0.1) is 11.8 Å². The van der Waals surface area contributed by atoms with Gasteiger partial charge in [-0.05, 0) is 30.8 Å². The molecule has 1 atom stereocenters. The minimum absolute atomic E-state index is 0.271. The van der Waals surface area contributed by atoms with Gasteiger partial charge in [0.1, 0.15) is 0 Å². The van der Waals surface area contributed by atoms with Crippen LogP contribution in [-0.2, 0) is 4.79 Å². The van der Waals surface area contributed by atoms with Crippen molar-refractivity contribution in [3.63, 3.8) is 0 Å². The van der Waals surface area contributed by atoms with Gasteiger partial charge in [0.2, 0.25) is 0 Å². The van der Waals surface area contributed by atoms with E-state index in [1.54, 1.807) is 0 Å². The van der Waals surface area contributed by atoms with Gasteiger partial charge in [-0.15, -0.1) is 0 Å². The third-order valence-corrected chi connectivity index (χ3v) is 4.46. The average Bonchev–Trinajstić information content (AvgIpc) is 2.39. The van der Waals surface area contributed by atoms with E-state index in [0.29, 0.717) is 0 Å². The molecular formula is C17H30O. The Morgan fingerprint density at radius 2 is 1.89 bits per heavy atom. The van der Waals surface area contributed by atoms with Crippen molar-refractivity contribution >= 4 is 5.78 Å². The molecule has 0 aromatic heterocycles. The Kier molecular flexibility index (Phi) is 7.31. The largest absolute Gasteiger partial charge is 0.295 e. The van der Waals surface area contributed by atoms with Crippen LogP contribution in [0.1, 0.15) is 78.1 Å². The molecule has 0 aromatic rings. The normalized spacial score (nSPS) is 18.6. The second kappa shape index (κ2) is 8.50. The van der Waals surface area contributed by atoms with Crippen LogP contribution in [0.3, 0.4) is 0 Å². The molecule has 0 saturated heterocycles. The molecule has 0 bridgehead atoms. The van der Waals surface area contributed by atoms with Crippen molar-refractivity contribution in [1.82, 2.24) is 0 Å². The summed E-state index contributed by atoms with van der Waals surface area (Å²) in [6.45, 7) is 7.86. The summed E-state index contributed by atoms with van der Waals surface area (Å²) in [6.07, 6.45) is 12.8. The number of allylic oxidation sites excluding steroid dienone is 1. The predicted molar refractivity (Wildman–Crippen MR) is 78.6 cm³/mol. The van der Waals surface area contributed by atoms with E-state index in [9.17, 15) is 4.79 Å². The SMILES string of the molecule is C=C(C)C(=O)CCC(CCCC)C1CCCCC1. The van der Waals surface area contributed by atoms with Gasteiger partial charge in [-0.25, -0.2) is 0 Å². The first-order valence-corrected chi connectivity index (χ1v) is 7.83. The van der Waals surface area contributed by atoms with Crippen LogP contribution in [0.15, 0.2) is 12.2 Å². The Bertz CT molecular complexity index is 261. The second-order valence-electron chi connectivity index (χ2n) is 6.04. The number of rotatable bonds is 8. The number of ketones is 1. The fraction of sp³-hybridized carbons (Fsp3) is 0.824. The highest BCUT2D eigenvalue weighted by Crippen LogP contribution is 2.35. The van der Waals surface area contributed by atoms with Crippen molar-refractivity contribution in [3.05, 3.63) is 12.2 Å². The molecule has 1 nitrogen and oxygen atoms in total. The molecule has 0 amide bonds. The third kappa shape index (κ3) is 5.37. The topological polar surface area (TPSA) is 17.1 Å². The Labute approximate surface area is 113 Å². The van der Waals surface area contributed by atoms with Gasteiger partial charge in [0.05, 0.1) is 0 Å². The minimum Gasteiger partial charge on any atom is -0.295 e. The maximum atomic E-state index is 11.7. The Morgan fingerprint density at radius 3 is 2.44 bits per heavy atom. The van der Waals surface area contributed by atoms with Crippen LogP contribution in [0.25, 0.3) is 0 Å². The molecule has 0 heterocycles. The number of hydrogen-bond donors (Lipinski definition) is 0. The number of Topliss-reactive ketones (excluding diaryl/α,β-unsaturated/α-hetero) is 1. The summed E-state index contributed by atoms with van der Waals surface area (Å²) < 4.78 is 0. The average molecular weight is 250 g/mol. The molecule has 18 heavy (non-hydrogen) atoms. The highest BCUT2D eigenvalue weighted by Gasteiger charge is 2.23. The van der Waals surface area contributed by atoms with Crippen molar-refractivity contribution in [3.8, 4) is 0 Å². The maximum Gasteiger partial charge on any atom is 0.157 e. The predicted octanol–water partition coefficient (Wildman–Crippen LogP) is 5.30. The maximum absolute atomic E-state index is 11.7. The summed E-state index contributed by atoms with van der Waals surface area (Å²) in [5, 5.41) is 0. The molecule has 0 N–H and O–H groups in total. The van der Waals surface area contributed by atoms with E-state index in [1.807, 2.05) is 6.92 Å².